The lowest BCUT2D eigenvalue weighted by molar-refractivity contribution is -0.137. The largest absolute Gasteiger partial charge is 0.459 e. The number of furan rings is 1. The Morgan fingerprint density at radius 3 is 2.11 bits per heavy atom. The van der Waals surface area contributed by atoms with Crippen LogP contribution in [-0.4, -0.2) is 11.7 Å². The van der Waals surface area contributed by atoms with Gasteiger partial charge in [0.25, 0.3) is 0 Å². The highest BCUT2D eigenvalue weighted by Crippen LogP contribution is 2.37. The van der Waals surface area contributed by atoms with Crippen molar-refractivity contribution in [2.45, 2.75) is 39.1 Å². The molecule has 1 amide bonds. The summed E-state index contributed by atoms with van der Waals surface area (Å²) < 4.78 is 63.7. The molecule has 1 N–H and O–H groups in total. The van der Waals surface area contributed by atoms with Gasteiger partial charge in [0.15, 0.2) is 0 Å². The summed E-state index contributed by atoms with van der Waals surface area (Å²) in [5.41, 5.74) is 1.68. The van der Waals surface area contributed by atoms with Crippen molar-refractivity contribution in [3.05, 3.63) is 83.9 Å². The third kappa shape index (κ3) is 5.82. The number of halogens is 4. The highest BCUT2D eigenvalue weighted by atomic mass is 19.4. The second-order valence-electron chi connectivity index (χ2n) is 9.09. The third-order valence-corrected chi connectivity index (χ3v) is 5.17. The molecule has 4 nitrogen and oxygen atoms in total. The first-order chi connectivity index (χ1) is 16.4. The zero-order valence-electron chi connectivity index (χ0n) is 19.3. The summed E-state index contributed by atoms with van der Waals surface area (Å²) in [6.07, 6.45) is -5.02. The number of carbonyl (C=O) groups excluding carboxylic acids is 1. The van der Waals surface area contributed by atoms with E-state index in [0.29, 0.717) is 39.0 Å². The van der Waals surface area contributed by atoms with Crippen LogP contribution in [0.2, 0.25) is 0 Å². The standard InChI is InChI=1S/C27H23F4NO3/c1-26(2,3)35-25(33)32-15-22-13-19-12-18(16-4-8-20(9-5-16)27(29,30)31)14-23(24(19)34-22)17-6-10-21(28)11-7-17/h4-14H,15H2,1-3H3,(H,32,33). The normalized spacial score (nSPS) is 12.1. The Kier molecular flexibility index (Phi) is 6.32. The molecule has 0 bridgehead atoms. The van der Waals surface area contributed by atoms with Gasteiger partial charge in [-0.15, -0.1) is 0 Å². The van der Waals surface area contributed by atoms with E-state index in [1.165, 1.54) is 24.3 Å². The second-order valence-corrected chi connectivity index (χ2v) is 9.09. The van der Waals surface area contributed by atoms with Crippen LogP contribution in [-0.2, 0) is 17.5 Å². The van der Waals surface area contributed by atoms with E-state index in [9.17, 15) is 22.4 Å². The highest BCUT2D eigenvalue weighted by Gasteiger charge is 2.30. The number of benzene rings is 3. The van der Waals surface area contributed by atoms with Gasteiger partial charge in [0, 0.05) is 10.9 Å². The van der Waals surface area contributed by atoms with Crippen molar-refractivity contribution < 1.29 is 31.5 Å². The van der Waals surface area contributed by atoms with Crippen LogP contribution in [0.25, 0.3) is 33.2 Å². The maximum atomic E-state index is 13.5. The molecule has 0 fully saturated rings. The van der Waals surface area contributed by atoms with E-state index >= 15 is 0 Å². The molecule has 1 heterocycles. The lowest BCUT2D eigenvalue weighted by Gasteiger charge is -2.19. The fourth-order valence-corrected chi connectivity index (χ4v) is 3.63. The van der Waals surface area contributed by atoms with Crippen LogP contribution in [0.4, 0.5) is 22.4 Å². The van der Waals surface area contributed by atoms with Crippen LogP contribution in [0, 0.1) is 5.82 Å². The number of alkyl carbamates (subject to hydrolysis) is 1. The number of carbonyl (C=O) groups is 1. The van der Waals surface area contributed by atoms with Crippen LogP contribution in [0.1, 0.15) is 32.1 Å². The molecule has 0 atom stereocenters. The van der Waals surface area contributed by atoms with E-state index in [1.807, 2.05) is 0 Å². The third-order valence-electron chi connectivity index (χ3n) is 5.17. The molecular formula is C27H23F4NO3. The minimum atomic E-state index is -4.43. The molecule has 182 valence electrons. The molecule has 4 aromatic rings. The van der Waals surface area contributed by atoms with Gasteiger partial charge in [0.1, 0.15) is 22.8 Å². The molecule has 0 unspecified atom stereocenters. The van der Waals surface area contributed by atoms with Gasteiger partial charge in [-0.2, -0.15) is 13.2 Å². The summed E-state index contributed by atoms with van der Waals surface area (Å²) in [4.78, 5) is 12.0. The zero-order valence-corrected chi connectivity index (χ0v) is 19.3. The Morgan fingerprint density at radius 2 is 1.51 bits per heavy atom. The summed E-state index contributed by atoms with van der Waals surface area (Å²) in [5.74, 6) is 0.0596. The topological polar surface area (TPSA) is 51.5 Å². The van der Waals surface area contributed by atoms with E-state index in [1.54, 1.807) is 51.1 Å². The summed E-state index contributed by atoms with van der Waals surface area (Å²) in [6.45, 7) is 5.34. The van der Waals surface area contributed by atoms with E-state index < -0.39 is 29.3 Å². The molecule has 3 aromatic carbocycles. The first-order valence-electron chi connectivity index (χ1n) is 10.9. The van der Waals surface area contributed by atoms with Gasteiger partial charge < -0.3 is 14.5 Å². The highest BCUT2D eigenvalue weighted by molar-refractivity contribution is 5.97. The van der Waals surface area contributed by atoms with E-state index in [-0.39, 0.29) is 6.54 Å². The van der Waals surface area contributed by atoms with E-state index in [4.69, 9.17) is 9.15 Å². The van der Waals surface area contributed by atoms with Gasteiger partial charge >= 0.3 is 12.3 Å². The Balaban J connectivity index is 1.73. The number of nitrogens with one attached hydrogen (secondary N) is 1. The molecule has 0 aliphatic carbocycles. The number of fused-ring (bicyclic) bond motifs is 1. The maximum Gasteiger partial charge on any atom is 0.416 e. The van der Waals surface area contributed by atoms with E-state index in [2.05, 4.69) is 5.32 Å². The van der Waals surface area contributed by atoms with Crippen molar-refractivity contribution in [3.63, 3.8) is 0 Å². The molecular weight excluding hydrogens is 462 g/mol. The quantitative estimate of drug-likeness (QED) is 0.299. The molecule has 35 heavy (non-hydrogen) atoms. The summed E-state index contributed by atoms with van der Waals surface area (Å²) in [5, 5.41) is 3.32. The maximum absolute atomic E-state index is 13.5. The predicted octanol–water partition coefficient (Wildman–Crippen LogP) is 7.95. The first-order valence-corrected chi connectivity index (χ1v) is 10.9. The molecule has 8 heteroatoms. The van der Waals surface area contributed by atoms with Crippen molar-refractivity contribution in [1.29, 1.82) is 0 Å². The van der Waals surface area contributed by atoms with Gasteiger partial charge in [0.2, 0.25) is 0 Å². The average molecular weight is 485 g/mol. The van der Waals surface area contributed by atoms with Crippen molar-refractivity contribution in [2.75, 3.05) is 0 Å². The van der Waals surface area contributed by atoms with Crippen LogP contribution in [0.3, 0.4) is 0 Å². The smallest absolute Gasteiger partial charge is 0.416 e. The number of amides is 1. The fraction of sp³-hybridized carbons (Fsp3) is 0.222. The monoisotopic (exact) mass is 485 g/mol. The molecule has 4 rings (SSSR count). The first kappa shape index (κ1) is 24.3. The minimum absolute atomic E-state index is 0.0715. The predicted molar refractivity (Wildman–Crippen MR) is 125 cm³/mol. The van der Waals surface area contributed by atoms with Gasteiger partial charge in [-0.25, -0.2) is 9.18 Å². The summed E-state index contributed by atoms with van der Waals surface area (Å²) in [6, 6.07) is 16.0. The van der Waals surface area contributed by atoms with Gasteiger partial charge in [0.05, 0.1) is 12.1 Å². The van der Waals surface area contributed by atoms with Gasteiger partial charge in [-0.05, 0) is 79.9 Å². The Bertz CT molecular complexity index is 1350. The van der Waals surface area contributed by atoms with Gasteiger partial charge in [-0.3, -0.25) is 0 Å². The number of alkyl halides is 3. The van der Waals surface area contributed by atoms with Crippen molar-refractivity contribution in [2.24, 2.45) is 0 Å². The zero-order chi connectivity index (χ0) is 25.4. The van der Waals surface area contributed by atoms with Crippen molar-refractivity contribution in [3.8, 4) is 22.3 Å². The molecule has 0 radical (unpaired) electrons. The number of rotatable bonds is 4. The van der Waals surface area contributed by atoms with Crippen LogP contribution in [0.15, 0.2) is 71.1 Å². The second kappa shape index (κ2) is 9.09. The SMILES string of the molecule is CC(C)(C)OC(=O)NCc1cc2cc(-c3ccc(C(F)(F)F)cc3)cc(-c3ccc(F)cc3)c2o1. The molecule has 0 aliphatic rings. The minimum Gasteiger partial charge on any atom is -0.459 e. The number of ether oxygens (including phenoxy) is 1. The Morgan fingerprint density at radius 1 is 0.886 bits per heavy atom. The lowest BCUT2D eigenvalue weighted by Crippen LogP contribution is -2.32. The van der Waals surface area contributed by atoms with Crippen LogP contribution in [0.5, 0.6) is 0 Å². The van der Waals surface area contributed by atoms with Gasteiger partial charge in [-0.1, -0.05) is 24.3 Å². The number of hydrogen-bond donors (Lipinski definition) is 1. The molecule has 1 aromatic heterocycles. The van der Waals surface area contributed by atoms with E-state index in [0.717, 1.165) is 12.1 Å². The number of hydrogen-bond acceptors (Lipinski definition) is 3. The fourth-order valence-electron chi connectivity index (χ4n) is 3.63. The summed E-state index contributed by atoms with van der Waals surface area (Å²) >= 11 is 0. The average Bonchev–Trinajstić information content (AvgIpc) is 3.19. The molecule has 0 spiro atoms. The Labute approximate surface area is 199 Å². The van der Waals surface area contributed by atoms with Crippen LogP contribution >= 0.6 is 0 Å². The lowest BCUT2D eigenvalue weighted by atomic mass is 9.96. The molecule has 0 aliphatic heterocycles. The molecule has 0 saturated carbocycles. The Hall–Kier alpha value is -3.81. The summed E-state index contributed by atoms with van der Waals surface area (Å²) in [7, 11) is 0. The van der Waals surface area contributed by atoms with Crippen molar-refractivity contribution >= 4 is 17.1 Å². The van der Waals surface area contributed by atoms with Crippen LogP contribution < -0.4 is 5.32 Å². The molecule has 0 saturated heterocycles. The van der Waals surface area contributed by atoms with Crippen molar-refractivity contribution in [1.82, 2.24) is 5.32 Å².